The van der Waals surface area contributed by atoms with Gasteiger partial charge in [-0.25, -0.2) is 0 Å². The summed E-state index contributed by atoms with van der Waals surface area (Å²) in [4.78, 5) is 12.3. The number of rotatable bonds is 16. The van der Waals surface area contributed by atoms with Crippen LogP contribution < -0.4 is 5.43 Å². The molecular weight excluding hydrogens is 366 g/mol. The van der Waals surface area contributed by atoms with Crippen molar-refractivity contribution in [2.45, 2.75) is 103 Å². The van der Waals surface area contributed by atoms with Crippen LogP contribution in [-0.4, -0.2) is 4.57 Å². The molecule has 0 spiro atoms. The van der Waals surface area contributed by atoms with Gasteiger partial charge in [0.15, 0.2) is 5.43 Å². The first-order chi connectivity index (χ1) is 14.7. The lowest BCUT2D eigenvalue weighted by atomic mass is 10.1. The van der Waals surface area contributed by atoms with Crippen molar-refractivity contribution < 1.29 is 0 Å². The summed E-state index contributed by atoms with van der Waals surface area (Å²) in [5.74, 6) is 0. The van der Waals surface area contributed by atoms with Crippen molar-refractivity contribution in [3.05, 3.63) is 58.4 Å². The van der Waals surface area contributed by atoms with E-state index in [9.17, 15) is 4.79 Å². The number of hydrogen-bond acceptors (Lipinski definition) is 1. The Hall–Kier alpha value is -1.83. The van der Waals surface area contributed by atoms with E-state index >= 15 is 0 Å². The number of benzene rings is 1. The molecule has 2 rings (SSSR count). The molecule has 0 unspecified atom stereocenters. The fourth-order valence-electron chi connectivity index (χ4n) is 4.25. The largest absolute Gasteiger partial charge is 0.347 e. The summed E-state index contributed by atoms with van der Waals surface area (Å²) in [7, 11) is 2.08. The van der Waals surface area contributed by atoms with Gasteiger partial charge in [-0.15, -0.1) is 0 Å². The number of unbranched alkanes of at least 4 members (excludes halogenated alkanes) is 12. The maximum Gasteiger partial charge on any atom is 0.189 e. The molecule has 2 heteroatoms. The lowest BCUT2D eigenvalue weighted by molar-refractivity contribution is 0.589. The van der Waals surface area contributed by atoms with Crippen LogP contribution in [0, 0.1) is 0 Å². The van der Waals surface area contributed by atoms with Crippen LogP contribution >= 0.6 is 0 Å². The van der Waals surface area contributed by atoms with Crippen molar-refractivity contribution in [2.24, 2.45) is 7.05 Å². The van der Waals surface area contributed by atoms with E-state index in [1.165, 1.54) is 89.9 Å². The van der Waals surface area contributed by atoms with Gasteiger partial charge in [0.25, 0.3) is 0 Å². The highest BCUT2D eigenvalue weighted by atomic mass is 16.1. The molecule has 2 nitrogen and oxygen atoms in total. The van der Waals surface area contributed by atoms with Gasteiger partial charge >= 0.3 is 0 Å². The van der Waals surface area contributed by atoms with Gasteiger partial charge in [-0.2, -0.15) is 0 Å². The van der Waals surface area contributed by atoms with Gasteiger partial charge in [0.2, 0.25) is 0 Å². The topological polar surface area (TPSA) is 22.0 Å². The molecule has 0 saturated heterocycles. The maximum atomic E-state index is 12.3. The highest BCUT2D eigenvalue weighted by molar-refractivity contribution is 5.79. The third-order valence-corrected chi connectivity index (χ3v) is 6.20. The van der Waals surface area contributed by atoms with Crippen molar-refractivity contribution in [1.82, 2.24) is 4.57 Å². The molecule has 0 N–H and O–H groups in total. The first kappa shape index (κ1) is 24.4. The molecule has 1 aromatic heterocycles. The number of fused-ring (bicyclic) bond motifs is 1. The lowest BCUT2D eigenvalue weighted by Crippen LogP contribution is -2.11. The van der Waals surface area contributed by atoms with E-state index in [4.69, 9.17) is 0 Å². The van der Waals surface area contributed by atoms with Crippen LogP contribution in [0.1, 0.15) is 103 Å². The van der Waals surface area contributed by atoms with Crippen LogP contribution in [0.2, 0.25) is 0 Å². The summed E-state index contributed by atoms with van der Waals surface area (Å²) in [5.41, 5.74) is 2.36. The van der Waals surface area contributed by atoms with Crippen molar-refractivity contribution >= 4 is 10.9 Å². The average Bonchev–Trinajstić information content (AvgIpc) is 2.76. The third kappa shape index (κ3) is 8.90. The Morgan fingerprint density at radius 3 is 2.00 bits per heavy atom. The van der Waals surface area contributed by atoms with Crippen molar-refractivity contribution in [3.8, 4) is 0 Å². The van der Waals surface area contributed by atoms with Gasteiger partial charge in [0.05, 0.1) is 5.52 Å². The quantitative estimate of drug-likeness (QED) is 0.203. The maximum absolute atomic E-state index is 12.3. The van der Waals surface area contributed by atoms with Crippen LogP contribution in [0.25, 0.3) is 10.9 Å². The Bertz CT molecular complexity index is 802. The number of nitrogens with zero attached hydrogens (tertiary/aromatic N) is 1. The second-order valence-electron chi connectivity index (χ2n) is 8.76. The number of pyridine rings is 1. The normalized spacial score (nSPS) is 11.7. The standard InChI is InChI=1S/C28H43NO/c1-3-4-5-6-7-8-9-10-11-12-13-14-15-16-17-18-21-25-24-28(30)26-22-19-20-23-27(26)29(25)2/h10-11,19-20,22-24H,3-9,12-18,21H2,1-2H3/b11-10+. The molecule has 1 heterocycles. The predicted octanol–water partition coefficient (Wildman–Crippen LogP) is 8.12. The van der Waals surface area contributed by atoms with E-state index in [0.29, 0.717) is 0 Å². The van der Waals surface area contributed by atoms with Gasteiger partial charge in [-0.1, -0.05) is 89.0 Å². The van der Waals surface area contributed by atoms with Crippen LogP contribution in [0.5, 0.6) is 0 Å². The van der Waals surface area contributed by atoms with Crippen molar-refractivity contribution in [1.29, 1.82) is 0 Å². The Labute approximate surface area is 184 Å². The second kappa shape index (κ2) is 15.0. The minimum atomic E-state index is 0.156. The summed E-state index contributed by atoms with van der Waals surface area (Å²) in [5, 5.41) is 0.824. The smallest absolute Gasteiger partial charge is 0.189 e. The zero-order valence-electron chi connectivity index (χ0n) is 19.5. The molecule has 2 aromatic rings. The van der Waals surface area contributed by atoms with Crippen molar-refractivity contribution in [3.63, 3.8) is 0 Å². The third-order valence-electron chi connectivity index (χ3n) is 6.20. The first-order valence-electron chi connectivity index (χ1n) is 12.5. The van der Waals surface area contributed by atoms with Crippen LogP contribution in [0.15, 0.2) is 47.3 Å². The fourth-order valence-corrected chi connectivity index (χ4v) is 4.25. The monoisotopic (exact) mass is 409 g/mol. The minimum Gasteiger partial charge on any atom is -0.347 e. The van der Waals surface area contributed by atoms with Gasteiger partial charge in [-0.05, 0) is 50.7 Å². The summed E-state index contributed by atoms with van der Waals surface area (Å²) < 4.78 is 2.19. The highest BCUT2D eigenvalue weighted by Crippen LogP contribution is 2.15. The van der Waals surface area contributed by atoms with E-state index in [-0.39, 0.29) is 5.43 Å². The zero-order chi connectivity index (χ0) is 21.4. The second-order valence-corrected chi connectivity index (χ2v) is 8.76. The number of allylic oxidation sites excluding steroid dienone is 2. The van der Waals surface area contributed by atoms with Crippen LogP contribution in [-0.2, 0) is 13.5 Å². The number of hydrogen-bond donors (Lipinski definition) is 0. The van der Waals surface area contributed by atoms with E-state index in [1.807, 2.05) is 30.3 Å². The molecule has 0 bridgehead atoms. The first-order valence-corrected chi connectivity index (χ1v) is 12.5. The SMILES string of the molecule is CCCCCCCC/C=C/CCCCCCCCc1cc(=O)c2ccccc2n1C. The summed E-state index contributed by atoms with van der Waals surface area (Å²) in [6, 6.07) is 9.75. The Kier molecular flexibility index (Phi) is 12.3. The van der Waals surface area contributed by atoms with Gasteiger partial charge < -0.3 is 4.57 Å². The van der Waals surface area contributed by atoms with Crippen LogP contribution in [0.3, 0.4) is 0 Å². The molecule has 166 valence electrons. The summed E-state index contributed by atoms with van der Waals surface area (Å²) >= 11 is 0. The molecule has 0 aliphatic rings. The number of para-hydroxylation sites is 1. The van der Waals surface area contributed by atoms with Crippen molar-refractivity contribution in [2.75, 3.05) is 0 Å². The highest BCUT2D eigenvalue weighted by Gasteiger charge is 2.05. The molecular formula is C28H43NO. The molecule has 0 fully saturated rings. The minimum absolute atomic E-state index is 0.156. The van der Waals surface area contributed by atoms with Gasteiger partial charge in [0.1, 0.15) is 0 Å². The van der Waals surface area contributed by atoms with Gasteiger partial charge in [-0.3, -0.25) is 4.79 Å². The number of aromatic nitrogens is 1. The van der Waals surface area contributed by atoms with E-state index in [2.05, 4.69) is 30.7 Å². The van der Waals surface area contributed by atoms with E-state index in [1.54, 1.807) is 0 Å². The summed E-state index contributed by atoms with van der Waals surface area (Å²) in [6.07, 6.45) is 24.4. The molecule has 0 amide bonds. The molecule has 0 aliphatic carbocycles. The molecule has 0 aliphatic heterocycles. The molecule has 0 atom stereocenters. The Balaban J connectivity index is 1.49. The van der Waals surface area contributed by atoms with Gasteiger partial charge in [0, 0.05) is 24.2 Å². The molecule has 0 saturated carbocycles. The molecule has 1 aromatic carbocycles. The Morgan fingerprint density at radius 2 is 1.33 bits per heavy atom. The van der Waals surface area contributed by atoms with E-state index < -0.39 is 0 Å². The lowest BCUT2D eigenvalue weighted by Gasteiger charge is -2.12. The van der Waals surface area contributed by atoms with E-state index in [0.717, 1.165) is 23.0 Å². The zero-order valence-corrected chi connectivity index (χ0v) is 19.5. The Morgan fingerprint density at radius 1 is 0.767 bits per heavy atom. The number of aryl methyl sites for hydroxylation is 2. The van der Waals surface area contributed by atoms with Crippen LogP contribution in [0.4, 0.5) is 0 Å². The summed E-state index contributed by atoms with van der Waals surface area (Å²) in [6.45, 7) is 2.28. The fraction of sp³-hybridized carbons (Fsp3) is 0.607. The predicted molar refractivity (Wildman–Crippen MR) is 132 cm³/mol. The molecule has 30 heavy (non-hydrogen) atoms. The molecule has 0 radical (unpaired) electrons. The average molecular weight is 410 g/mol.